The van der Waals surface area contributed by atoms with Crippen molar-refractivity contribution in [2.24, 2.45) is 0 Å². The Balaban J connectivity index is 1.78. The van der Waals surface area contributed by atoms with Crippen LogP contribution >= 0.6 is 0 Å². The second-order valence-corrected chi connectivity index (χ2v) is 5.48. The Hall–Kier alpha value is -1.95. The monoisotopic (exact) mass is 292 g/mol. The van der Waals surface area contributed by atoms with Crippen LogP contribution in [0.5, 0.6) is 11.5 Å². The second kappa shape index (κ2) is 5.44. The molecule has 0 spiro atoms. The molecule has 114 valence electrons. The molecular formula is C15H20N2O4. The quantitative estimate of drug-likeness (QED) is 0.818. The number of nitrogen functional groups attached to an aromatic ring is 1. The zero-order valence-electron chi connectivity index (χ0n) is 12.2. The normalized spacial score (nSPS) is 26.7. The molecule has 1 aromatic rings. The maximum atomic E-state index is 12.4. The summed E-state index contributed by atoms with van der Waals surface area (Å²) in [6.07, 6.45) is 3.42. The lowest BCUT2D eigenvalue weighted by molar-refractivity contribution is 0.0841. The van der Waals surface area contributed by atoms with E-state index in [1.165, 1.54) is 14.2 Å². The summed E-state index contributed by atoms with van der Waals surface area (Å²) < 4.78 is 16.1. The van der Waals surface area contributed by atoms with Gasteiger partial charge in [0.1, 0.15) is 0 Å². The number of carbonyl (C=O) groups is 1. The van der Waals surface area contributed by atoms with E-state index >= 15 is 0 Å². The molecule has 21 heavy (non-hydrogen) atoms. The molecular weight excluding hydrogens is 272 g/mol. The number of benzene rings is 1. The molecule has 3 unspecified atom stereocenters. The first kappa shape index (κ1) is 14.0. The van der Waals surface area contributed by atoms with Crippen molar-refractivity contribution < 1.29 is 19.0 Å². The molecule has 2 bridgehead atoms. The molecule has 3 atom stereocenters. The lowest BCUT2D eigenvalue weighted by Gasteiger charge is -2.21. The van der Waals surface area contributed by atoms with Crippen molar-refractivity contribution in [2.75, 3.05) is 20.0 Å². The number of nitrogens with two attached hydrogens (primary N) is 1. The van der Waals surface area contributed by atoms with Crippen molar-refractivity contribution in [3.05, 3.63) is 17.7 Å². The summed E-state index contributed by atoms with van der Waals surface area (Å²) in [5.41, 5.74) is 6.71. The largest absolute Gasteiger partial charge is 0.493 e. The molecule has 1 amide bonds. The Bertz CT molecular complexity index is 561. The predicted molar refractivity (Wildman–Crippen MR) is 77.7 cm³/mol. The molecule has 2 aliphatic rings. The van der Waals surface area contributed by atoms with E-state index in [-0.39, 0.29) is 18.1 Å². The summed E-state index contributed by atoms with van der Waals surface area (Å²) in [5, 5.41) is 3.02. The standard InChI is InChI=1S/C15H20N2O4/c1-19-13-6-9(10(16)7-14(13)20-2)15(18)17-11-5-8-3-4-12(11)21-8/h6-8,11-12H,3-5,16H2,1-2H3,(H,17,18). The summed E-state index contributed by atoms with van der Waals surface area (Å²) in [6, 6.07) is 3.28. The van der Waals surface area contributed by atoms with Gasteiger partial charge in [-0.25, -0.2) is 0 Å². The van der Waals surface area contributed by atoms with Gasteiger partial charge in [0.15, 0.2) is 11.5 Å². The highest BCUT2D eigenvalue weighted by Gasteiger charge is 2.41. The minimum atomic E-state index is -0.199. The molecule has 0 saturated carbocycles. The van der Waals surface area contributed by atoms with E-state index in [1.54, 1.807) is 12.1 Å². The molecule has 6 heteroatoms. The molecule has 2 heterocycles. The van der Waals surface area contributed by atoms with Crippen LogP contribution in [-0.2, 0) is 4.74 Å². The van der Waals surface area contributed by atoms with Gasteiger partial charge < -0.3 is 25.3 Å². The van der Waals surface area contributed by atoms with Crippen molar-refractivity contribution in [1.82, 2.24) is 5.32 Å². The molecule has 2 fully saturated rings. The highest BCUT2D eigenvalue weighted by molar-refractivity contribution is 6.00. The van der Waals surface area contributed by atoms with Crippen molar-refractivity contribution >= 4 is 11.6 Å². The fourth-order valence-corrected chi connectivity index (χ4v) is 3.13. The third kappa shape index (κ3) is 2.51. The summed E-state index contributed by atoms with van der Waals surface area (Å²) >= 11 is 0. The third-order valence-corrected chi connectivity index (χ3v) is 4.22. The number of nitrogens with one attached hydrogen (secondary N) is 1. The topological polar surface area (TPSA) is 82.8 Å². The van der Waals surface area contributed by atoms with E-state index in [1.807, 2.05) is 0 Å². The van der Waals surface area contributed by atoms with E-state index in [0.717, 1.165) is 19.3 Å². The number of methoxy groups -OCH3 is 2. The fraction of sp³-hybridized carbons (Fsp3) is 0.533. The van der Waals surface area contributed by atoms with Crippen molar-refractivity contribution in [1.29, 1.82) is 0 Å². The maximum Gasteiger partial charge on any atom is 0.253 e. The number of fused-ring (bicyclic) bond motifs is 2. The van der Waals surface area contributed by atoms with Gasteiger partial charge in [0, 0.05) is 11.8 Å². The van der Waals surface area contributed by atoms with Gasteiger partial charge in [-0.2, -0.15) is 0 Å². The van der Waals surface area contributed by atoms with E-state index in [9.17, 15) is 4.79 Å². The number of hydrogen-bond acceptors (Lipinski definition) is 5. The number of rotatable bonds is 4. The summed E-state index contributed by atoms with van der Waals surface area (Å²) in [7, 11) is 3.06. The summed E-state index contributed by atoms with van der Waals surface area (Å²) in [5.74, 6) is 0.797. The average Bonchev–Trinajstić information content (AvgIpc) is 3.09. The van der Waals surface area contributed by atoms with Gasteiger partial charge in [-0.3, -0.25) is 4.79 Å². The Labute approximate surface area is 123 Å². The highest BCUT2D eigenvalue weighted by atomic mass is 16.5. The van der Waals surface area contributed by atoms with Gasteiger partial charge in [-0.1, -0.05) is 0 Å². The first-order valence-electron chi connectivity index (χ1n) is 7.10. The van der Waals surface area contributed by atoms with Crippen molar-refractivity contribution in [3.8, 4) is 11.5 Å². The molecule has 1 aromatic carbocycles. The molecule has 2 saturated heterocycles. The number of anilines is 1. The average molecular weight is 292 g/mol. The maximum absolute atomic E-state index is 12.4. The van der Waals surface area contributed by atoms with Gasteiger partial charge in [0.05, 0.1) is 38.0 Å². The zero-order chi connectivity index (χ0) is 15.0. The smallest absolute Gasteiger partial charge is 0.253 e. The van der Waals surface area contributed by atoms with Gasteiger partial charge in [0.25, 0.3) is 5.91 Å². The number of amides is 1. The number of carbonyl (C=O) groups excluding carboxylic acids is 1. The van der Waals surface area contributed by atoms with E-state index < -0.39 is 0 Å². The Morgan fingerprint density at radius 3 is 2.57 bits per heavy atom. The van der Waals surface area contributed by atoms with Gasteiger partial charge in [0.2, 0.25) is 0 Å². The molecule has 2 aliphatic heterocycles. The molecule has 3 rings (SSSR count). The van der Waals surface area contributed by atoms with Gasteiger partial charge in [-0.15, -0.1) is 0 Å². The highest BCUT2D eigenvalue weighted by Crippen LogP contribution is 2.35. The fourth-order valence-electron chi connectivity index (χ4n) is 3.13. The molecule has 0 aliphatic carbocycles. The van der Waals surface area contributed by atoms with Crippen molar-refractivity contribution in [3.63, 3.8) is 0 Å². The minimum absolute atomic E-state index is 0.0729. The lowest BCUT2D eigenvalue weighted by Crippen LogP contribution is -2.41. The summed E-state index contributed by atoms with van der Waals surface area (Å²) in [4.78, 5) is 12.4. The predicted octanol–water partition coefficient (Wildman–Crippen LogP) is 1.34. The van der Waals surface area contributed by atoms with E-state index in [2.05, 4.69) is 5.32 Å². The van der Waals surface area contributed by atoms with Crippen LogP contribution in [0, 0.1) is 0 Å². The van der Waals surface area contributed by atoms with Crippen LogP contribution in [0.3, 0.4) is 0 Å². The molecule has 0 aromatic heterocycles. The summed E-state index contributed by atoms with van der Waals surface area (Å²) in [6.45, 7) is 0. The van der Waals surface area contributed by atoms with Gasteiger partial charge >= 0.3 is 0 Å². The first-order valence-corrected chi connectivity index (χ1v) is 7.10. The number of hydrogen-bond donors (Lipinski definition) is 2. The van der Waals surface area contributed by atoms with Crippen LogP contribution < -0.4 is 20.5 Å². The van der Waals surface area contributed by atoms with Gasteiger partial charge in [-0.05, 0) is 25.3 Å². The SMILES string of the molecule is COc1cc(N)c(C(=O)NC2CC3CCC2O3)cc1OC. The minimum Gasteiger partial charge on any atom is -0.493 e. The molecule has 0 radical (unpaired) electrons. The third-order valence-electron chi connectivity index (χ3n) is 4.22. The lowest BCUT2D eigenvalue weighted by atomic mass is 9.95. The van der Waals surface area contributed by atoms with E-state index in [4.69, 9.17) is 19.9 Å². The van der Waals surface area contributed by atoms with Crippen molar-refractivity contribution in [2.45, 2.75) is 37.5 Å². The Morgan fingerprint density at radius 2 is 2.00 bits per heavy atom. The van der Waals surface area contributed by atoms with Crippen LogP contribution in [0.4, 0.5) is 5.69 Å². The zero-order valence-corrected chi connectivity index (χ0v) is 12.2. The van der Waals surface area contributed by atoms with Crippen LogP contribution in [-0.4, -0.2) is 38.4 Å². The Kier molecular flexibility index (Phi) is 3.63. The first-order chi connectivity index (χ1) is 10.1. The molecule has 3 N–H and O–H groups in total. The van der Waals surface area contributed by atoms with E-state index in [0.29, 0.717) is 28.9 Å². The van der Waals surface area contributed by atoms with Crippen LogP contribution in [0.1, 0.15) is 29.6 Å². The molecule has 6 nitrogen and oxygen atoms in total. The second-order valence-electron chi connectivity index (χ2n) is 5.48. The van der Waals surface area contributed by atoms with Crippen LogP contribution in [0.2, 0.25) is 0 Å². The number of ether oxygens (including phenoxy) is 3. The van der Waals surface area contributed by atoms with Crippen LogP contribution in [0.15, 0.2) is 12.1 Å². The van der Waals surface area contributed by atoms with Crippen LogP contribution in [0.25, 0.3) is 0 Å². The Morgan fingerprint density at radius 1 is 1.29 bits per heavy atom.